The Morgan fingerprint density at radius 2 is 1.94 bits per heavy atom. The molecule has 1 spiro atoms. The average Bonchev–Trinajstić information content (AvgIpc) is 2.65. The maximum absolute atomic E-state index is 11.9. The number of nitrogens with zero attached hydrogens (tertiary/aromatic N) is 1. The van der Waals surface area contributed by atoms with Gasteiger partial charge in [-0.1, -0.05) is 0 Å². The molecule has 0 aliphatic carbocycles. The van der Waals surface area contributed by atoms with E-state index in [0.29, 0.717) is 13.1 Å². The van der Waals surface area contributed by atoms with Crippen LogP contribution in [0.3, 0.4) is 0 Å². The van der Waals surface area contributed by atoms with Crippen molar-refractivity contribution < 1.29 is 14.3 Å². The first kappa shape index (κ1) is 12.2. The highest BCUT2D eigenvalue weighted by atomic mass is 16.5. The van der Waals surface area contributed by atoms with Gasteiger partial charge in [-0.15, -0.1) is 0 Å². The smallest absolute Gasteiger partial charge is 0.409 e. The Balaban J connectivity index is 1.95. The molecule has 0 radical (unpaired) electrons. The number of rotatable bonds is 0. The van der Waals surface area contributed by atoms with Gasteiger partial charge in [-0.05, 0) is 32.1 Å². The molecule has 2 saturated heterocycles. The van der Waals surface area contributed by atoms with Crippen molar-refractivity contribution in [3.8, 4) is 0 Å². The van der Waals surface area contributed by atoms with Crippen molar-refractivity contribution in [3.63, 3.8) is 0 Å². The summed E-state index contributed by atoms with van der Waals surface area (Å²) >= 11 is 0. The molecular weight excluding hydrogens is 220 g/mol. The van der Waals surface area contributed by atoms with E-state index in [0.717, 1.165) is 38.6 Å². The van der Waals surface area contributed by atoms with E-state index in [9.17, 15) is 9.59 Å². The van der Waals surface area contributed by atoms with Gasteiger partial charge in [0.25, 0.3) is 0 Å². The summed E-state index contributed by atoms with van der Waals surface area (Å²) in [4.78, 5) is 25.0. The van der Waals surface area contributed by atoms with Gasteiger partial charge in [0, 0.05) is 19.6 Å². The number of hydrogen-bond donors (Lipinski definition) is 1. The van der Waals surface area contributed by atoms with Crippen LogP contribution in [0.1, 0.15) is 32.1 Å². The SMILES string of the molecule is COC(=O)N1CCCC2(CCC1)CCNC2=O. The van der Waals surface area contributed by atoms with Crippen LogP contribution >= 0.6 is 0 Å². The van der Waals surface area contributed by atoms with E-state index in [2.05, 4.69) is 5.32 Å². The van der Waals surface area contributed by atoms with Crippen molar-refractivity contribution in [1.29, 1.82) is 0 Å². The first-order valence-corrected chi connectivity index (χ1v) is 6.29. The summed E-state index contributed by atoms with van der Waals surface area (Å²) in [6.07, 6.45) is 4.21. The molecule has 2 amide bonds. The van der Waals surface area contributed by atoms with Crippen LogP contribution < -0.4 is 5.32 Å². The average molecular weight is 240 g/mol. The van der Waals surface area contributed by atoms with Crippen LogP contribution in [0, 0.1) is 5.41 Å². The van der Waals surface area contributed by atoms with Gasteiger partial charge in [0.05, 0.1) is 12.5 Å². The predicted octanol–water partition coefficient (Wildman–Crippen LogP) is 1.14. The number of likely N-dealkylation sites (tertiary alicyclic amines) is 1. The Morgan fingerprint density at radius 3 is 2.41 bits per heavy atom. The molecule has 0 atom stereocenters. The van der Waals surface area contributed by atoms with Crippen molar-refractivity contribution >= 4 is 12.0 Å². The molecule has 0 bridgehead atoms. The number of methoxy groups -OCH3 is 1. The monoisotopic (exact) mass is 240 g/mol. The number of nitrogens with one attached hydrogen (secondary N) is 1. The lowest BCUT2D eigenvalue weighted by Crippen LogP contribution is -2.39. The lowest BCUT2D eigenvalue weighted by Gasteiger charge is -2.32. The second-order valence-corrected chi connectivity index (χ2v) is 4.95. The highest BCUT2D eigenvalue weighted by Gasteiger charge is 2.42. The van der Waals surface area contributed by atoms with Crippen molar-refractivity contribution in [1.82, 2.24) is 10.2 Å². The third kappa shape index (κ3) is 2.37. The van der Waals surface area contributed by atoms with E-state index in [1.54, 1.807) is 4.90 Å². The van der Waals surface area contributed by atoms with Crippen LogP contribution in [0.15, 0.2) is 0 Å². The van der Waals surface area contributed by atoms with Gasteiger partial charge in [0.1, 0.15) is 0 Å². The maximum Gasteiger partial charge on any atom is 0.409 e. The number of amides is 2. The molecule has 0 unspecified atom stereocenters. The first-order chi connectivity index (χ1) is 8.18. The zero-order chi connectivity index (χ0) is 12.3. The minimum absolute atomic E-state index is 0.151. The van der Waals surface area contributed by atoms with Gasteiger partial charge in [0.2, 0.25) is 5.91 Å². The van der Waals surface area contributed by atoms with Gasteiger partial charge in [0.15, 0.2) is 0 Å². The first-order valence-electron chi connectivity index (χ1n) is 6.29. The summed E-state index contributed by atoms with van der Waals surface area (Å²) in [5.41, 5.74) is -0.151. The number of carbonyl (C=O) groups is 2. The minimum atomic E-state index is -0.253. The molecular formula is C12H20N2O3. The predicted molar refractivity (Wildman–Crippen MR) is 62.5 cm³/mol. The second kappa shape index (κ2) is 4.94. The molecule has 17 heavy (non-hydrogen) atoms. The van der Waals surface area contributed by atoms with E-state index < -0.39 is 0 Å². The molecule has 96 valence electrons. The van der Waals surface area contributed by atoms with Crippen molar-refractivity contribution in [3.05, 3.63) is 0 Å². The van der Waals surface area contributed by atoms with Crippen LogP contribution in [-0.4, -0.2) is 43.6 Å². The summed E-state index contributed by atoms with van der Waals surface area (Å²) in [6.45, 7) is 2.20. The van der Waals surface area contributed by atoms with E-state index in [4.69, 9.17) is 4.74 Å². The second-order valence-electron chi connectivity index (χ2n) is 4.95. The third-order valence-electron chi connectivity index (χ3n) is 3.97. The van der Waals surface area contributed by atoms with Gasteiger partial charge in [-0.2, -0.15) is 0 Å². The van der Waals surface area contributed by atoms with Crippen LogP contribution in [0.4, 0.5) is 4.79 Å². The molecule has 2 aliphatic heterocycles. The fraction of sp³-hybridized carbons (Fsp3) is 0.833. The highest BCUT2D eigenvalue weighted by molar-refractivity contribution is 5.84. The van der Waals surface area contributed by atoms with E-state index in [1.165, 1.54) is 7.11 Å². The van der Waals surface area contributed by atoms with E-state index in [1.807, 2.05) is 0 Å². The number of hydrogen-bond acceptors (Lipinski definition) is 3. The Labute approximate surface area is 101 Å². The molecule has 2 heterocycles. The van der Waals surface area contributed by atoms with Crippen molar-refractivity contribution in [2.24, 2.45) is 5.41 Å². The largest absolute Gasteiger partial charge is 0.453 e. The topological polar surface area (TPSA) is 58.6 Å². The fourth-order valence-corrected chi connectivity index (χ4v) is 2.96. The van der Waals surface area contributed by atoms with E-state index >= 15 is 0 Å². The van der Waals surface area contributed by atoms with Gasteiger partial charge in [-0.3, -0.25) is 4.79 Å². The summed E-state index contributed by atoms with van der Waals surface area (Å²) in [6, 6.07) is 0. The van der Waals surface area contributed by atoms with Crippen LogP contribution in [0.5, 0.6) is 0 Å². The lowest BCUT2D eigenvalue weighted by molar-refractivity contribution is -0.128. The highest BCUT2D eigenvalue weighted by Crippen LogP contribution is 2.38. The molecule has 0 aromatic carbocycles. The summed E-state index contributed by atoms with van der Waals surface area (Å²) in [5.74, 6) is 0.212. The number of ether oxygens (including phenoxy) is 1. The standard InChI is InChI=1S/C12H20N2O3/c1-17-11(16)14-8-2-4-12(5-3-9-14)6-7-13-10(12)15/h2-9H2,1H3,(H,13,15). The lowest BCUT2D eigenvalue weighted by atomic mass is 9.77. The molecule has 0 aromatic rings. The third-order valence-corrected chi connectivity index (χ3v) is 3.97. The molecule has 5 nitrogen and oxygen atoms in total. The van der Waals surface area contributed by atoms with Crippen LogP contribution in [0.2, 0.25) is 0 Å². The van der Waals surface area contributed by atoms with Crippen LogP contribution in [-0.2, 0) is 9.53 Å². The van der Waals surface area contributed by atoms with Crippen molar-refractivity contribution in [2.75, 3.05) is 26.7 Å². The van der Waals surface area contributed by atoms with E-state index in [-0.39, 0.29) is 17.4 Å². The van der Waals surface area contributed by atoms with Crippen molar-refractivity contribution in [2.45, 2.75) is 32.1 Å². The van der Waals surface area contributed by atoms with Gasteiger partial charge in [-0.25, -0.2) is 4.79 Å². The zero-order valence-electron chi connectivity index (χ0n) is 10.3. The normalized spacial score (nSPS) is 24.1. The molecule has 2 rings (SSSR count). The Hall–Kier alpha value is -1.26. The Bertz CT molecular complexity index is 307. The van der Waals surface area contributed by atoms with Gasteiger partial charge >= 0.3 is 6.09 Å². The molecule has 0 saturated carbocycles. The quantitative estimate of drug-likeness (QED) is 0.690. The maximum atomic E-state index is 11.9. The zero-order valence-corrected chi connectivity index (χ0v) is 10.3. The Morgan fingerprint density at radius 1 is 1.29 bits per heavy atom. The molecule has 0 aromatic heterocycles. The van der Waals surface area contributed by atoms with Crippen LogP contribution in [0.25, 0.3) is 0 Å². The number of carbonyl (C=O) groups excluding carboxylic acids is 2. The summed E-state index contributed by atoms with van der Waals surface area (Å²) in [5, 5.41) is 2.93. The minimum Gasteiger partial charge on any atom is -0.453 e. The molecule has 5 heteroatoms. The fourth-order valence-electron chi connectivity index (χ4n) is 2.96. The van der Waals surface area contributed by atoms with Gasteiger partial charge < -0.3 is 15.0 Å². The summed E-state index contributed by atoms with van der Waals surface area (Å²) in [7, 11) is 1.41. The summed E-state index contributed by atoms with van der Waals surface area (Å²) < 4.78 is 4.73. The Kier molecular flexibility index (Phi) is 3.54. The molecule has 2 fully saturated rings. The molecule has 1 N–H and O–H groups in total. The molecule has 2 aliphatic rings.